The van der Waals surface area contributed by atoms with Gasteiger partial charge in [-0.25, -0.2) is 8.42 Å². The molecule has 0 aromatic heterocycles. The molecule has 5 nitrogen and oxygen atoms in total. The molecule has 1 saturated heterocycles. The molecule has 0 amide bonds. The van der Waals surface area contributed by atoms with Gasteiger partial charge in [-0.2, -0.15) is 4.31 Å². The third kappa shape index (κ3) is 3.29. The molecule has 0 unspecified atom stereocenters. The molecular formula is C15H23NO4S. The van der Waals surface area contributed by atoms with Gasteiger partial charge in [0, 0.05) is 13.1 Å². The Morgan fingerprint density at radius 2 is 1.81 bits per heavy atom. The molecule has 0 bridgehead atoms. The van der Waals surface area contributed by atoms with Gasteiger partial charge in [-0.3, -0.25) is 0 Å². The summed E-state index contributed by atoms with van der Waals surface area (Å²) in [6, 6.07) is 3.39. The lowest BCUT2D eigenvalue weighted by atomic mass is 10.1. The van der Waals surface area contributed by atoms with Gasteiger partial charge >= 0.3 is 0 Å². The predicted octanol–water partition coefficient (Wildman–Crippen LogP) is 1.59. The first kappa shape index (κ1) is 16.4. The van der Waals surface area contributed by atoms with Crippen molar-refractivity contribution in [1.29, 1.82) is 0 Å². The summed E-state index contributed by atoms with van der Waals surface area (Å²) in [7, 11) is -3.57. The summed E-state index contributed by atoms with van der Waals surface area (Å²) in [5.41, 5.74) is 2.22. The predicted molar refractivity (Wildman–Crippen MR) is 80.6 cm³/mol. The maximum atomic E-state index is 12.9. The molecule has 1 aliphatic heterocycles. The van der Waals surface area contributed by atoms with Crippen molar-refractivity contribution in [3.05, 3.63) is 28.8 Å². The van der Waals surface area contributed by atoms with Crippen LogP contribution in [0, 0.1) is 13.8 Å². The fourth-order valence-electron chi connectivity index (χ4n) is 2.72. The molecule has 1 aliphatic rings. The third-order valence-electron chi connectivity index (χ3n) is 3.87. The minimum absolute atomic E-state index is 0.119. The Morgan fingerprint density at radius 1 is 1.24 bits per heavy atom. The van der Waals surface area contributed by atoms with Crippen LogP contribution in [0.5, 0.6) is 0 Å². The first-order valence-electron chi connectivity index (χ1n) is 7.12. The van der Waals surface area contributed by atoms with Crippen LogP contribution in [0.4, 0.5) is 0 Å². The zero-order valence-electron chi connectivity index (χ0n) is 13.0. The average molecular weight is 313 g/mol. The van der Waals surface area contributed by atoms with Gasteiger partial charge in [0.2, 0.25) is 10.0 Å². The highest BCUT2D eigenvalue weighted by molar-refractivity contribution is 7.89. The van der Waals surface area contributed by atoms with Gasteiger partial charge in [0.25, 0.3) is 0 Å². The molecule has 21 heavy (non-hydrogen) atoms. The second-order valence-electron chi connectivity index (χ2n) is 5.77. The van der Waals surface area contributed by atoms with Gasteiger partial charge in [0.05, 0.1) is 23.7 Å². The summed E-state index contributed by atoms with van der Waals surface area (Å²) in [5.74, 6) is 0. The van der Waals surface area contributed by atoms with Crippen molar-refractivity contribution < 1.29 is 18.3 Å². The average Bonchev–Trinajstić information content (AvgIpc) is 2.40. The van der Waals surface area contributed by atoms with E-state index in [2.05, 4.69) is 0 Å². The molecule has 0 saturated carbocycles. The van der Waals surface area contributed by atoms with Gasteiger partial charge in [0.15, 0.2) is 0 Å². The van der Waals surface area contributed by atoms with Crippen LogP contribution < -0.4 is 0 Å². The van der Waals surface area contributed by atoms with Crippen molar-refractivity contribution in [2.75, 3.05) is 13.1 Å². The Hall–Kier alpha value is -0.950. The smallest absolute Gasteiger partial charge is 0.243 e. The van der Waals surface area contributed by atoms with E-state index in [1.54, 1.807) is 13.0 Å². The maximum Gasteiger partial charge on any atom is 0.243 e. The lowest BCUT2D eigenvalue weighted by Crippen LogP contribution is -2.48. The molecule has 1 aromatic rings. The van der Waals surface area contributed by atoms with Crippen LogP contribution in [-0.2, 0) is 21.4 Å². The maximum absolute atomic E-state index is 12.9. The standard InChI is InChI=1S/C15H23NO4S/c1-10-5-14(9-17)6-15(13(10)4)21(18,19)16-7-11(2)20-12(3)8-16/h5-6,11-12,17H,7-9H2,1-4H3/t11-,12+. The highest BCUT2D eigenvalue weighted by atomic mass is 32.2. The second kappa shape index (κ2) is 6.04. The molecule has 1 aromatic carbocycles. The quantitative estimate of drug-likeness (QED) is 0.920. The highest BCUT2D eigenvalue weighted by Gasteiger charge is 2.33. The molecule has 118 valence electrons. The number of ether oxygens (including phenoxy) is 1. The van der Waals surface area contributed by atoms with Gasteiger partial charge in [0.1, 0.15) is 0 Å². The van der Waals surface area contributed by atoms with Gasteiger partial charge in [-0.05, 0) is 50.5 Å². The van der Waals surface area contributed by atoms with Crippen LogP contribution in [-0.4, -0.2) is 43.1 Å². The second-order valence-corrected chi connectivity index (χ2v) is 7.68. The Balaban J connectivity index is 2.46. The Labute approximate surface area is 126 Å². The van der Waals surface area contributed by atoms with E-state index < -0.39 is 10.0 Å². The normalized spacial score (nSPS) is 24.2. The van der Waals surface area contributed by atoms with Crippen molar-refractivity contribution >= 4 is 10.0 Å². The first-order valence-corrected chi connectivity index (χ1v) is 8.56. The summed E-state index contributed by atoms with van der Waals surface area (Å²) >= 11 is 0. The van der Waals surface area contributed by atoms with E-state index in [0.29, 0.717) is 18.7 Å². The SMILES string of the molecule is Cc1cc(CO)cc(S(=O)(=O)N2C[C@@H](C)O[C@@H](C)C2)c1C. The number of hydrogen-bond acceptors (Lipinski definition) is 4. The minimum Gasteiger partial charge on any atom is -0.392 e. The van der Waals surface area contributed by atoms with Gasteiger partial charge < -0.3 is 9.84 Å². The van der Waals surface area contributed by atoms with Crippen LogP contribution in [0.2, 0.25) is 0 Å². The van der Waals surface area contributed by atoms with E-state index in [0.717, 1.165) is 11.1 Å². The number of hydrogen-bond donors (Lipinski definition) is 1. The Bertz CT molecular complexity index is 617. The van der Waals surface area contributed by atoms with Crippen LogP contribution in [0.15, 0.2) is 17.0 Å². The van der Waals surface area contributed by atoms with Crippen molar-refractivity contribution in [2.45, 2.75) is 51.4 Å². The number of aliphatic hydroxyl groups is 1. The first-order chi connectivity index (χ1) is 9.75. The molecule has 0 spiro atoms. The Kier molecular flexibility index (Phi) is 4.72. The van der Waals surface area contributed by atoms with Crippen molar-refractivity contribution in [3.63, 3.8) is 0 Å². The number of sulfonamides is 1. The van der Waals surface area contributed by atoms with Gasteiger partial charge in [-0.1, -0.05) is 6.07 Å². The molecule has 2 rings (SSSR count). The third-order valence-corrected chi connectivity index (χ3v) is 5.82. The molecule has 1 N–H and O–H groups in total. The summed E-state index contributed by atoms with van der Waals surface area (Å²) in [4.78, 5) is 0.285. The van der Waals surface area contributed by atoms with Crippen LogP contribution in [0.3, 0.4) is 0 Å². The summed E-state index contributed by atoms with van der Waals surface area (Å²) in [6.45, 7) is 7.96. The number of aliphatic hydroxyl groups excluding tert-OH is 1. The molecule has 0 aliphatic carbocycles. The number of nitrogens with zero attached hydrogens (tertiary/aromatic N) is 1. The zero-order chi connectivity index (χ0) is 15.8. The summed E-state index contributed by atoms with van der Waals surface area (Å²) in [5, 5.41) is 9.31. The molecule has 1 heterocycles. The zero-order valence-corrected chi connectivity index (χ0v) is 13.8. The number of rotatable bonds is 3. The number of morpholine rings is 1. The fraction of sp³-hybridized carbons (Fsp3) is 0.600. The van der Waals surface area contributed by atoms with E-state index in [-0.39, 0.29) is 23.7 Å². The molecular weight excluding hydrogens is 290 g/mol. The number of benzene rings is 1. The monoisotopic (exact) mass is 313 g/mol. The van der Waals surface area contributed by atoms with Crippen LogP contribution in [0.1, 0.15) is 30.5 Å². The van der Waals surface area contributed by atoms with Crippen LogP contribution >= 0.6 is 0 Å². The van der Waals surface area contributed by atoms with Crippen molar-refractivity contribution in [2.24, 2.45) is 0 Å². The number of aryl methyl sites for hydroxylation is 1. The molecule has 6 heteroatoms. The van der Waals surface area contributed by atoms with Gasteiger partial charge in [-0.15, -0.1) is 0 Å². The van der Waals surface area contributed by atoms with Crippen molar-refractivity contribution in [1.82, 2.24) is 4.31 Å². The van der Waals surface area contributed by atoms with Crippen LogP contribution in [0.25, 0.3) is 0 Å². The molecule has 2 atom stereocenters. The topological polar surface area (TPSA) is 66.8 Å². The summed E-state index contributed by atoms with van der Waals surface area (Å²) in [6.07, 6.45) is -0.239. The fourth-order valence-corrected chi connectivity index (χ4v) is 4.66. The minimum atomic E-state index is -3.57. The largest absolute Gasteiger partial charge is 0.392 e. The van der Waals surface area contributed by atoms with E-state index >= 15 is 0 Å². The lowest BCUT2D eigenvalue weighted by molar-refractivity contribution is -0.0441. The summed E-state index contributed by atoms with van der Waals surface area (Å²) < 4.78 is 32.9. The van der Waals surface area contributed by atoms with Crippen molar-refractivity contribution in [3.8, 4) is 0 Å². The lowest BCUT2D eigenvalue weighted by Gasteiger charge is -2.34. The highest BCUT2D eigenvalue weighted by Crippen LogP contribution is 2.26. The van der Waals surface area contributed by atoms with E-state index in [4.69, 9.17) is 4.74 Å². The van der Waals surface area contributed by atoms with E-state index in [9.17, 15) is 13.5 Å². The Morgan fingerprint density at radius 3 is 2.33 bits per heavy atom. The van der Waals surface area contributed by atoms with E-state index in [1.165, 1.54) is 4.31 Å². The molecule has 0 radical (unpaired) electrons. The molecule has 1 fully saturated rings. The van der Waals surface area contributed by atoms with E-state index in [1.807, 2.05) is 26.8 Å².